The van der Waals surface area contributed by atoms with E-state index in [9.17, 15) is 0 Å². The Balaban J connectivity index is 2.12. The highest BCUT2D eigenvalue weighted by atomic mass is 15.0. The standard InChI is InChI=1S/C9H17N/c1-3-4-5-9-7-6-8(2)10-9/h3,8-10H,1,4-7H2,2H3/t8-,9-/m1/s1. The van der Waals surface area contributed by atoms with E-state index in [1.54, 1.807) is 0 Å². The van der Waals surface area contributed by atoms with Crippen molar-refractivity contribution in [2.24, 2.45) is 0 Å². The van der Waals surface area contributed by atoms with Gasteiger partial charge in [0.05, 0.1) is 0 Å². The van der Waals surface area contributed by atoms with E-state index in [1.807, 2.05) is 6.08 Å². The molecule has 2 atom stereocenters. The van der Waals surface area contributed by atoms with E-state index in [-0.39, 0.29) is 0 Å². The predicted octanol–water partition coefficient (Wildman–Crippen LogP) is 2.09. The molecule has 0 aromatic heterocycles. The minimum atomic E-state index is 0.745. The third-order valence-electron chi connectivity index (χ3n) is 2.19. The zero-order valence-electron chi connectivity index (χ0n) is 6.77. The Bertz CT molecular complexity index is 109. The molecule has 0 unspecified atom stereocenters. The summed E-state index contributed by atoms with van der Waals surface area (Å²) in [7, 11) is 0. The quantitative estimate of drug-likeness (QED) is 0.590. The van der Waals surface area contributed by atoms with Gasteiger partial charge in [-0.25, -0.2) is 0 Å². The van der Waals surface area contributed by atoms with Crippen LogP contribution in [-0.4, -0.2) is 12.1 Å². The van der Waals surface area contributed by atoms with Gasteiger partial charge >= 0.3 is 0 Å². The van der Waals surface area contributed by atoms with Crippen molar-refractivity contribution in [3.05, 3.63) is 12.7 Å². The summed E-state index contributed by atoms with van der Waals surface area (Å²) in [6.45, 7) is 5.97. The Hall–Kier alpha value is -0.300. The Labute approximate surface area is 63.5 Å². The van der Waals surface area contributed by atoms with Crippen molar-refractivity contribution in [2.75, 3.05) is 0 Å². The van der Waals surface area contributed by atoms with Crippen LogP contribution in [0.3, 0.4) is 0 Å². The minimum Gasteiger partial charge on any atom is -0.311 e. The number of nitrogens with one attached hydrogen (secondary N) is 1. The largest absolute Gasteiger partial charge is 0.311 e. The second kappa shape index (κ2) is 3.77. The third kappa shape index (κ3) is 2.14. The molecular weight excluding hydrogens is 122 g/mol. The highest BCUT2D eigenvalue weighted by molar-refractivity contribution is 4.82. The van der Waals surface area contributed by atoms with Crippen LogP contribution in [-0.2, 0) is 0 Å². The molecule has 1 aliphatic rings. The molecule has 58 valence electrons. The van der Waals surface area contributed by atoms with E-state index < -0.39 is 0 Å². The molecule has 10 heavy (non-hydrogen) atoms. The van der Waals surface area contributed by atoms with E-state index in [1.165, 1.54) is 19.3 Å². The summed E-state index contributed by atoms with van der Waals surface area (Å²) in [4.78, 5) is 0. The first-order chi connectivity index (χ1) is 4.83. The first-order valence-electron chi connectivity index (χ1n) is 4.20. The molecule has 0 bridgehead atoms. The van der Waals surface area contributed by atoms with Gasteiger partial charge in [-0.3, -0.25) is 0 Å². The molecule has 0 aliphatic carbocycles. The van der Waals surface area contributed by atoms with Crippen molar-refractivity contribution in [2.45, 2.75) is 44.7 Å². The smallest absolute Gasteiger partial charge is 0.00730 e. The lowest BCUT2D eigenvalue weighted by molar-refractivity contribution is 0.531. The van der Waals surface area contributed by atoms with Gasteiger partial charge in [0.1, 0.15) is 0 Å². The fourth-order valence-corrected chi connectivity index (χ4v) is 1.57. The summed E-state index contributed by atoms with van der Waals surface area (Å²) in [5, 5.41) is 3.54. The second-order valence-corrected chi connectivity index (χ2v) is 3.21. The van der Waals surface area contributed by atoms with Crippen molar-refractivity contribution in [1.29, 1.82) is 0 Å². The molecule has 0 aromatic rings. The average Bonchev–Trinajstić information content (AvgIpc) is 2.31. The number of hydrogen-bond acceptors (Lipinski definition) is 1. The van der Waals surface area contributed by atoms with Crippen molar-refractivity contribution in [1.82, 2.24) is 5.32 Å². The van der Waals surface area contributed by atoms with E-state index in [0.717, 1.165) is 18.5 Å². The molecule has 0 saturated carbocycles. The van der Waals surface area contributed by atoms with E-state index in [2.05, 4.69) is 18.8 Å². The minimum absolute atomic E-state index is 0.745. The molecule has 1 aliphatic heterocycles. The lowest BCUT2D eigenvalue weighted by atomic mass is 10.1. The zero-order valence-corrected chi connectivity index (χ0v) is 6.77. The van der Waals surface area contributed by atoms with Crippen LogP contribution >= 0.6 is 0 Å². The molecule has 0 radical (unpaired) electrons. The maximum Gasteiger partial charge on any atom is 0.00730 e. The van der Waals surface area contributed by atoms with Crippen molar-refractivity contribution in [3.8, 4) is 0 Å². The maximum absolute atomic E-state index is 3.71. The summed E-state index contributed by atoms with van der Waals surface area (Å²) in [5.41, 5.74) is 0. The molecule has 1 rings (SSSR count). The number of allylic oxidation sites excluding steroid dienone is 1. The van der Waals surface area contributed by atoms with Gasteiger partial charge in [0.25, 0.3) is 0 Å². The monoisotopic (exact) mass is 139 g/mol. The van der Waals surface area contributed by atoms with Crippen LogP contribution in [0.2, 0.25) is 0 Å². The molecule has 0 aromatic carbocycles. The fourth-order valence-electron chi connectivity index (χ4n) is 1.57. The van der Waals surface area contributed by atoms with Crippen LogP contribution in [0.15, 0.2) is 12.7 Å². The lowest BCUT2D eigenvalue weighted by Gasteiger charge is -2.08. The lowest BCUT2D eigenvalue weighted by Crippen LogP contribution is -2.26. The zero-order chi connectivity index (χ0) is 7.40. The molecule has 0 amide bonds. The van der Waals surface area contributed by atoms with Crippen LogP contribution in [0.1, 0.15) is 32.6 Å². The molecular formula is C9H17N. The third-order valence-corrected chi connectivity index (χ3v) is 2.19. The highest BCUT2D eigenvalue weighted by Crippen LogP contribution is 2.15. The maximum atomic E-state index is 3.71. The predicted molar refractivity (Wildman–Crippen MR) is 45.1 cm³/mol. The first-order valence-corrected chi connectivity index (χ1v) is 4.20. The van der Waals surface area contributed by atoms with Gasteiger partial charge in [-0.2, -0.15) is 0 Å². The molecule has 1 heteroatoms. The summed E-state index contributed by atoms with van der Waals surface area (Å²) in [6.07, 6.45) is 7.14. The van der Waals surface area contributed by atoms with Gasteiger partial charge in [-0.05, 0) is 32.6 Å². The SMILES string of the molecule is C=CCC[C@@H]1CC[C@@H](C)N1. The fraction of sp³-hybridized carbons (Fsp3) is 0.778. The molecule has 0 spiro atoms. The summed E-state index contributed by atoms with van der Waals surface area (Å²) >= 11 is 0. The Morgan fingerprint density at radius 3 is 2.90 bits per heavy atom. The van der Waals surface area contributed by atoms with Gasteiger partial charge in [0.2, 0.25) is 0 Å². The number of hydrogen-bond donors (Lipinski definition) is 1. The van der Waals surface area contributed by atoms with E-state index in [0.29, 0.717) is 0 Å². The summed E-state index contributed by atoms with van der Waals surface area (Å²) in [5.74, 6) is 0. The Kier molecular flexibility index (Phi) is 2.94. The normalized spacial score (nSPS) is 32.5. The van der Waals surface area contributed by atoms with Crippen molar-refractivity contribution in [3.63, 3.8) is 0 Å². The molecule has 1 N–H and O–H groups in total. The average molecular weight is 139 g/mol. The van der Waals surface area contributed by atoms with Gasteiger partial charge in [-0.15, -0.1) is 6.58 Å². The second-order valence-electron chi connectivity index (χ2n) is 3.21. The summed E-state index contributed by atoms with van der Waals surface area (Å²) < 4.78 is 0. The summed E-state index contributed by atoms with van der Waals surface area (Å²) in [6, 6.07) is 1.52. The Morgan fingerprint density at radius 2 is 2.40 bits per heavy atom. The van der Waals surface area contributed by atoms with Crippen LogP contribution in [0, 0.1) is 0 Å². The first kappa shape index (κ1) is 7.80. The van der Waals surface area contributed by atoms with E-state index in [4.69, 9.17) is 0 Å². The van der Waals surface area contributed by atoms with Crippen molar-refractivity contribution < 1.29 is 0 Å². The van der Waals surface area contributed by atoms with Crippen molar-refractivity contribution >= 4 is 0 Å². The van der Waals surface area contributed by atoms with Crippen LogP contribution in [0.5, 0.6) is 0 Å². The van der Waals surface area contributed by atoms with Gasteiger partial charge in [0.15, 0.2) is 0 Å². The number of rotatable bonds is 3. The molecule has 1 heterocycles. The van der Waals surface area contributed by atoms with Crippen LogP contribution in [0.4, 0.5) is 0 Å². The van der Waals surface area contributed by atoms with Gasteiger partial charge in [0, 0.05) is 12.1 Å². The van der Waals surface area contributed by atoms with Crippen LogP contribution in [0.25, 0.3) is 0 Å². The van der Waals surface area contributed by atoms with Gasteiger partial charge in [-0.1, -0.05) is 6.08 Å². The van der Waals surface area contributed by atoms with E-state index >= 15 is 0 Å². The molecule has 1 nitrogen and oxygen atoms in total. The molecule has 1 saturated heterocycles. The van der Waals surface area contributed by atoms with Crippen LogP contribution < -0.4 is 5.32 Å². The highest BCUT2D eigenvalue weighted by Gasteiger charge is 2.18. The molecule has 1 fully saturated rings. The van der Waals surface area contributed by atoms with Gasteiger partial charge < -0.3 is 5.32 Å². The Morgan fingerprint density at radius 1 is 1.60 bits per heavy atom. The topological polar surface area (TPSA) is 12.0 Å².